The number of nitrogens with zero attached hydrogens (tertiary/aromatic N) is 2. The highest BCUT2D eigenvalue weighted by Crippen LogP contribution is 2.39. The second-order valence-electron chi connectivity index (χ2n) is 8.30. The molecular formula is C23H29N4O2S+. The lowest BCUT2D eigenvalue weighted by Gasteiger charge is -2.33. The van der Waals surface area contributed by atoms with Crippen LogP contribution in [-0.2, 0) is 17.6 Å². The summed E-state index contributed by atoms with van der Waals surface area (Å²) in [4.78, 5) is 17.6. The molecular weight excluding hydrogens is 396 g/mol. The summed E-state index contributed by atoms with van der Waals surface area (Å²) in [6.07, 6.45) is 3.08. The van der Waals surface area contributed by atoms with Crippen LogP contribution in [-0.4, -0.2) is 45.7 Å². The maximum absolute atomic E-state index is 12.7. The predicted molar refractivity (Wildman–Crippen MR) is 120 cm³/mol. The first-order valence-corrected chi connectivity index (χ1v) is 11.5. The zero-order chi connectivity index (χ0) is 21.1. The zero-order valence-corrected chi connectivity index (χ0v) is 18.5. The van der Waals surface area contributed by atoms with Crippen LogP contribution in [0.25, 0.3) is 0 Å². The molecule has 6 nitrogen and oxygen atoms in total. The van der Waals surface area contributed by atoms with Crippen molar-refractivity contribution >= 4 is 27.9 Å². The Morgan fingerprint density at radius 3 is 2.87 bits per heavy atom. The summed E-state index contributed by atoms with van der Waals surface area (Å²) in [5.41, 5.74) is 2.96. The van der Waals surface area contributed by atoms with E-state index in [-0.39, 0.29) is 5.91 Å². The van der Waals surface area contributed by atoms with E-state index in [1.54, 1.807) is 18.4 Å². The van der Waals surface area contributed by atoms with Gasteiger partial charge >= 0.3 is 0 Å². The minimum absolute atomic E-state index is 0.00103. The van der Waals surface area contributed by atoms with Gasteiger partial charge in [0.2, 0.25) is 0 Å². The Balaban J connectivity index is 1.34. The Bertz CT molecular complexity index is 957. The minimum Gasteiger partial charge on any atom is -0.495 e. The quantitative estimate of drug-likeness (QED) is 0.770. The van der Waals surface area contributed by atoms with Crippen LogP contribution in [0, 0.1) is 17.2 Å². The van der Waals surface area contributed by atoms with Gasteiger partial charge in [-0.05, 0) is 42.9 Å². The molecule has 30 heavy (non-hydrogen) atoms. The van der Waals surface area contributed by atoms with Gasteiger partial charge in [0, 0.05) is 4.88 Å². The van der Waals surface area contributed by atoms with Gasteiger partial charge in [0.15, 0.2) is 6.54 Å². The number of methoxy groups -OCH3 is 1. The van der Waals surface area contributed by atoms with Crippen LogP contribution >= 0.6 is 11.3 Å². The first kappa shape index (κ1) is 20.7. The number of fused-ring (bicyclic) bond motifs is 1. The minimum atomic E-state index is -0.00103. The maximum atomic E-state index is 12.7. The summed E-state index contributed by atoms with van der Waals surface area (Å²) in [5.74, 6) is 1.54. The molecule has 7 heteroatoms. The first-order valence-electron chi connectivity index (χ1n) is 10.6. The standard InChI is InChI=1S/C23H28N4O2S/c1-16-7-8-17-18(14-24)23(30-21(17)13-16)25-22(28)15-26-9-11-27(12-10-26)19-5-3-4-6-20(19)29-2/h3-6,16H,7-13,15H2,1-2H3,(H,25,28)/p+1/t16-/m0/s1. The fourth-order valence-electron chi connectivity index (χ4n) is 4.49. The molecule has 0 saturated carbocycles. The van der Waals surface area contributed by atoms with Crippen molar-refractivity contribution in [2.24, 2.45) is 5.92 Å². The van der Waals surface area contributed by atoms with E-state index in [1.807, 2.05) is 18.2 Å². The lowest BCUT2D eigenvalue weighted by molar-refractivity contribution is -0.892. The molecule has 1 aliphatic heterocycles. The van der Waals surface area contributed by atoms with Crippen molar-refractivity contribution in [2.75, 3.05) is 50.1 Å². The average Bonchev–Trinajstić information content (AvgIpc) is 3.09. The summed E-state index contributed by atoms with van der Waals surface area (Å²) >= 11 is 1.60. The van der Waals surface area contributed by atoms with Gasteiger partial charge in [-0.1, -0.05) is 19.1 Å². The molecule has 158 valence electrons. The number of para-hydroxylation sites is 2. The molecule has 1 fully saturated rings. The third-order valence-electron chi connectivity index (χ3n) is 6.18. The Morgan fingerprint density at radius 2 is 2.13 bits per heavy atom. The SMILES string of the molecule is COc1ccccc1N1CC[NH+](CC(=O)Nc2sc3c(c2C#N)CC[C@H](C)C3)CC1. The van der Waals surface area contributed by atoms with Crippen LogP contribution < -0.4 is 19.9 Å². The number of nitrogens with one attached hydrogen (secondary N) is 2. The van der Waals surface area contributed by atoms with Crippen LogP contribution in [0.2, 0.25) is 0 Å². The molecule has 0 spiro atoms. The number of hydrogen-bond donors (Lipinski definition) is 2. The number of amides is 1. The van der Waals surface area contributed by atoms with Gasteiger partial charge in [-0.3, -0.25) is 4.79 Å². The number of piperazine rings is 1. The lowest BCUT2D eigenvalue weighted by atomic mass is 9.89. The Morgan fingerprint density at radius 1 is 1.37 bits per heavy atom. The maximum Gasteiger partial charge on any atom is 0.280 e. The van der Waals surface area contributed by atoms with E-state index >= 15 is 0 Å². The Labute approximate surface area is 182 Å². The number of benzene rings is 1. The van der Waals surface area contributed by atoms with Gasteiger partial charge in [0.05, 0.1) is 44.5 Å². The lowest BCUT2D eigenvalue weighted by Crippen LogP contribution is -3.15. The zero-order valence-electron chi connectivity index (χ0n) is 17.7. The summed E-state index contributed by atoms with van der Waals surface area (Å²) in [5, 5.41) is 13.4. The number of anilines is 2. The number of ether oxygens (including phenoxy) is 1. The van der Waals surface area contributed by atoms with E-state index in [2.05, 4.69) is 29.3 Å². The molecule has 1 aliphatic carbocycles. The molecule has 1 amide bonds. The molecule has 1 aromatic heterocycles. The molecule has 4 rings (SSSR count). The van der Waals surface area contributed by atoms with Crippen molar-refractivity contribution in [3.8, 4) is 11.8 Å². The summed E-state index contributed by atoms with van der Waals surface area (Å²) < 4.78 is 5.48. The molecule has 0 radical (unpaired) electrons. The third kappa shape index (κ3) is 4.30. The Hall–Kier alpha value is -2.56. The summed E-state index contributed by atoms with van der Waals surface area (Å²) in [6, 6.07) is 10.4. The predicted octanol–water partition coefficient (Wildman–Crippen LogP) is 2.10. The van der Waals surface area contributed by atoms with Crippen molar-refractivity contribution in [2.45, 2.75) is 26.2 Å². The molecule has 2 aromatic rings. The fraction of sp³-hybridized carbons (Fsp3) is 0.478. The fourth-order valence-corrected chi connectivity index (χ4v) is 5.86. The molecule has 1 atom stereocenters. The van der Waals surface area contributed by atoms with E-state index in [1.165, 1.54) is 9.78 Å². The molecule has 0 bridgehead atoms. The van der Waals surface area contributed by atoms with E-state index in [4.69, 9.17) is 4.74 Å². The molecule has 2 heterocycles. The van der Waals surface area contributed by atoms with Crippen LogP contribution in [0.5, 0.6) is 5.75 Å². The third-order valence-corrected chi connectivity index (χ3v) is 7.35. The van der Waals surface area contributed by atoms with E-state index in [0.29, 0.717) is 18.0 Å². The summed E-state index contributed by atoms with van der Waals surface area (Å²) in [7, 11) is 1.70. The van der Waals surface area contributed by atoms with Crippen LogP contribution in [0.4, 0.5) is 10.7 Å². The number of carbonyl (C=O) groups excluding carboxylic acids is 1. The highest BCUT2D eigenvalue weighted by atomic mass is 32.1. The number of thiophene rings is 1. The number of quaternary nitrogens is 1. The van der Waals surface area contributed by atoms with Gasteiger partial charge < -0.3 is 19.9 Å². The highest BCUT2D eigenvalue weighted by molar-refractivity contribution is 7.16. The highest BCUT2D eigenvalue weighted by Gasteiger charge is 2.27. The Kier molecular flexibility index (Phi) is 6.26. The molecule has 0 unspecified atom stereocenters. The van der Waals surface area contributed by atoms with Gasteiger partial charge in [-0.2, -0.15) is 5.26 Å². The number of nitriles is 1. The molecule has 2 aliphatic rings. The summed E-state index contributed by atoms with van der Waals surface area (Å²) in [6.45, 7) is 6.25. The van der Waals surface area contributed by atoms with Gasteiger partial charge in [0.25, 0.3) is 5.91 Å². The number of hydrogen-bond acceptors (Lipinski definition) is 5. The van der Waals surface area contributed by atoms with Gasteiger partial charge in [-0.25, -0.2) is 0 Å². The van der Waals surface area contributed by atoms with E-state index < -0.39 is 0 Å². The van der Waals surface area contributed by atoms with Crippen molar-refractivity contribution in [1.82, 2.24) is 0 Å². The van der Waals surface area contributed by atoms with Crippen LogP contribution in [0.3, 0.4) is 0 Å². The van der Waals surface area contributed by atoms with Crippen LogP contribution in [0.1, 0.15) is 29.3 Å². The van der Waals surface area contributed by atoms with Crippen molar-refractivity contribution < 1.29 is 14.4 Å². The first-order chi connectivity index (χ1) is 14.6. The average molecular weight is 426 g/mol. The van der Waals surface area contributed by atoms with Gasteiger partial charge in [0.1, 0.15) is 16.8 Å². The van der Waals surface area contributed by atoms with Crippen molar-refractivity contribution in [1.29, 1.82) is 5.26 Å². The second kappa shape index (κ2) is 9.07. The second-order valence-corrected chi connectivity index (χ2v) is 9.41. The van der Waals surface area contributed by atoms with E-state index in [9.17, 15) is 10.1 Å². The topological polar surface area (TPSA) is 69.8 Å². The number of carbonyl (C=O) groups is 1. The van der Waals surface area contributed by atoms with E-state index in [0.717, 1.165) is 67.4 Å². The molecule has 1 saturated heterocycles. The number of rotatable bonds is 5. The molecule has 1 aromatic carbocycles. The largest absolute Gasteiger partial charge is 0.495 e. The smallest absolute Gasteiger partial charge is 0.280 e. The van der Waals surface area contributed by atoms with Crippen LogP contribution in [0.15, 0.2) is 24.3 Å². The monoisotopic (exact) mass is 425 g/mol. The van der Waals surface area contributed by atoms with Crippen molar-refractivity contribution in [3.05, 3.63) is 40.3 Å². The van der Waals surface area contributed by atoms with Crippen molar-refractivity contribution in [3.63, 3.8) is 0 Å². The molecule has 2 N–H and O–H groups in total. The van der Waals surface area contributed by atoms with Gasteiger partial charge in [-0.15, -0.1) is 11.3 Å². The normalized spacial score (nSPS) is 19.1.